The molecule has 1 heterocycles. The molecular formula is C9H13NO5. The highest BCUT2D eigenvalue weighted by Gasteiger charge is 2.45. The minimum Gasteiger partial charge on any atom is -0.481 e. The standard InChI is InChI=1S/C9H13NO5/c1-9(7(12)13)3-4-10(5-6(9)11)8(14)15-2/h3-5H2,1-2H3,(H,12,13)/t9-/m0/s1. The van der Waals surface area contributed by atoms with E-state index in [4.69, 9.17) is 5.11 Å². The van der Waals surface area contributed by atoms with Gasteiger partial charge in [0.2, 0.25) is 0 Å². The highest BCUT2D eigenvalue weighted by molar-refractivity contribution is 6.05. The van der Waals surface area contributed by atoms with Crippen molar-refractivity contribution < 1.29 is 24.2 Å². The average Bonchev–Trinajstić information content (AvgIpc) is 2.20. The van der Waals surface area contributed by atoms with Gasteiger partial charge in [0.05, 0.1) is 13.7 Å². The van der Waals surface area contributed by atoms with E-state index in [1.165, 1.54) is 18.9 Å². The molecule has 1 saturated heterocycles. The summed E-state index contributed by atoms with van der Waals surface area (Å²) in [5, 5.41) is 8.89. The lowest BCUT2D eigenvalue weighted by atomic mass is 9.79. The Morgan fingerprint density at radius 1 is 1.53 bits per heavy atom. The number of carboxylic acids is 1. The van der Waals surface area contributed by atoms with Crippen LogP contribution in [0.3, 0.4) is 0 Å². The van der Waals surface area contributed by atoms with Crippen molar-refractivity contribution in [3.8, 4) is 0 Å². The van der Waals surface area contributed by atoms with E-state index in [9.17, 15) is 14.4 Å². The Morgan fingerprint density at radius 2 is 2.13 bits per heavy atom. The van der Waals surface area contributed by atoms with E-state index >= 15 is 0 Å². The number of Topliss-reactive ketones (excluding diaryl/α,β-unsaturated/α-hetero) is 1. The van der Waals surface area contributed by atoms with Gasteiger partial charge in [0.1, 0.15) is 5.41 Å². The topological polar surface area (TPSA) is 83.9 Å². The summed E-state index contributed by atoms with van der Waals surface area (Å²) in [6.07, 6.45) is -0.480. The number of likely N-dealkylation sites (tertiary alicyclic amines) is 1. The van der Waals surface area contributed by atoms with Crippen LogP contribution in [-0.4, -0.2) is 48.1 Å². The fraction of sp³-hybridized carbons (Fsp3) is 0.667. The molecule has 0 aromatic carbocycles. The predicted octanol–water partition coefficient (Wildman–Crippen LogP) is 0.118. The molecule has 0 unspecified atom stereocenters. The Morgan fingerprint density at radius 3 is 2.53 bits per heavy atom. The van der Waals surface area contributed by atoms with Gasteiger partial charge in [-0.05, 0) is 13.3 Å². The summed E-state index contributed by atoms with van der Waals surface area (Å²) in [5.41, 5.74) is -1.37. The molecular weight excluding hydrogens is 202 g/mol. The van der Waals surface area contributed by atoms with Crippen LogP contribution in [0.5, 0.6) is 0 Å². The zero-order valence-electron chi connectivity index (χ0n) is 8.65. The lowest BCUT2D eigenvalue weighted by Gasteiger charge is -2.34. The SMILES string of the molecule is COC(=O)N1CC[C@](C)(C(=O)O)C(=O)C1. The van der Waals surface area contributed by atoms with E-state index in [2.05, 4.69) is 4.74 Å². The summed E-state index contributed by atoms with van der Waals surface area (Å²) in [4.78, 5) is 34.7. The minimum absolute atomic E-state index is 0.121. The third kappa shape index (κ3) is 1.93. The van der Waals surface area contributed by atoms with Crippen LogP contribution < -0.4 is 0 Å². The molecule has 1 rings (SSSR count). The quantitative estimate of drug-likeness (QED) is 0.628. The van der Waals surface area contributed by atoms with Gasteiger partial charge in [0, 0.05) is 6.54 Å². The second-order valence-electron chi connectivity index (χ2n) is 3.70. The van der Waals surface area contributed by atoms with Gasteiger partial charge in [-0.1, -0.05) is 0 Å². The van der Waals surface area contributed by atoms with E-state index in [0.29, 0.717) is 0 Å². The zero-order valence-corrected chi connectivity index (χ0v) is 8.65. The summed E-state index contributed by atoms with van der Waals surface area (Å²) >= 11 is 0. The van der Waals surface area contributed by atoms with Crippen LogP contribution in [0.1, 0.15) is 13.3 Å². The number of carboxylic acid groups (broad SMARTS) is 1. The van der Waals surface area contributed by atoms with Crippen LogP contribution in [0.2, 0.25) is 0 Å². The number of methoxy groups -OCH3 is 1. The van der Waals surface area contributed by atoms with Crippen molar-refractivity contribution >= 4 is 17.8 Å². The van der Waals surface area contributed by atoms with Crippen molar-refractivity contribution in [2.24, 2.45) is 5.41 Å². The molecule has 0 spiro atoms. The van der Waals surface area contributed by atoms with E-state index in [1.54, 1.807) is 0 Å². The smallest absolute Gasteiger partial charge is 0.409 e. The van der Waals surface area contributed by atoms with Crippen molar-refractivity contribution in [1.29, 1.82) is 0 Å². The van der Waals surface area contributed by atoms with Gasteiger partial charge in [0.25, 0.3) is 0 Å². The molecule has 84 valence electrons. The number of rotatable bonds is 1. The molecule has 1 fully saturated rings. The first-order valence-corrected chi connectivity index (χ1v) is 4.51. The van der Waals surface area contributed by atoms with Crippen LogP contribution >= 0.6 is 0 Å². The number of carbonyl (C=O) groups is 3. The van der Waals surface area contributed by atoms with Gasteiger partial charge in [-0.25, -0.2) is 4.79 Å². The fourth-order valence-corrected chi connectivity index (χ4v) is 1.44. The molecule has 6 heteroatoms. The molecule has 15 heavy (non-hydrogen) atoms. The van der Waals surface area contributed by atoms with Crippen LogP contribution in [0.25, 0.3) is 0 Å². The number of hydrogen-bond acceptors (Lipinski definition) is 4. The second-order valence-corrected chi connectivity index (χ2v) is 3.70. The maximum absolute atomic E-state index is 11.6. The molecule has 1 aliphatic heterocycles. The Balaban J connectivity index is 2.75. The summed E-state index contributed by atoms with van der Waals surface area (Å²) in [6.45, 7) is 1.41. The molecule has 6 nitrogen and oxygen atoms in total. The van der Waals surface area contributed by atoms with Gasteiger partial charge < -0.3 is 14.7 Å². The summed E-state index contributed by atoms with van der Waals surface area (Å²) in [5.74, 6) is -1.61. The number of amides is 1. The normalized spacial score (nSPS) is 26.3. The number of carbonyl (C=O) groups excluding carboxylic acids is 2. The average molecular weight is 215 g/mol. The fourth-order valence-electron chi connectivity index (χ4n) is 1.44. The Kier molecular flexibility index (Phi) is 2.97. The first-order chi connectivity index (χ1) is 6.91. The minimum atomic E-state index is -1.37. The largest absolute Gasteiger partial charge is 0.481 e. The summed E-state index contributed by atoms with van der Waals surface area (Å²) in [7, 11) is 1.22. The number of nitrogens with zero attached hydrogens (tertiary/aromatic N) is 1. The molecule has 0 bridgehead atoms. The van der Waals surface area contributed by atoms with Crippen molar-refractivity contribution in [2.45, 2.75) is 13.3 Å². The van der Waals surface area contributed by atoms with Crippen molar-refractivity contribution in [2.75, 3.05) is 20.2 Å². The third-order valence-electron chi connectivity index (χ3n) is 2.74. The molecule has 1 atom stereocenters. The van der Waals surface area contributed by atoms with Gasteiger partial charge in [0.15, 0.2) is 5.78 Å². The monoisotopic (exact) mass is 215 g/mol. The number of aliphatic carboxylic acids is 1. The number of hydrogen-bond donors (Lipinski definition) is 1. The first kappa shape index (κ1) is 11.5. The van der Waals surface area contributed by atoms with Gasteiger partial charge in [-0.3, -0.25) is 9.59 Å². The van der Waals surface area contributed by atoms with Crippen LogP contribution in [0, 0.1) is 5.41 Å². The predicted molar refractivity (Wildman–Crippen MR) is 49.3 cm³/mol. The summed E-state index contributed by atoms with van der Waals surface area (Å²) < 4.78 is 4.45. The maximum atomic E-state index is 11.6. The van der Waals surface area contributed by atoms with Crippen LogP contribution in [0.15, 0.2) is 0 Å². The molecule has 0 aliphatic carbocycles. The molecule has 0 saturated carbocycles. The molecule has 0 radical (unpaired) electrons. The molecule has 1 amide bonds. The number of ether oxygens (including phenoxy) is 1. The van der Waals surface area contributed by atoms with Crippen molar-refractivity contribution in [1.82, 2.24) is 4.90 Å². The number of piperidine rings is 1. The van der Waals surface area contributed by atoms with Gasteiger partial charge in [-0.2, -0.15) is 0 Å². The first-order valence-electron chi connectivity index (χ1n) is 4.51. The second kappa shape index (κ2) is 3.88. The highest BCUT2D eigenvalue weighted by atomic mass is 16.5. The van der Waals surface area contributed by atoms with Crippen LogP contribution in [-0.2, 0) is 14.3 Å². The van der Waals surface area contributed by atoms with Gasteiger partial charge in [-0.15, -0.1) is 0 Å². The lowest BCUT2D eigenvalue weighted by Crippen LogP contribution is -2.52. The Bertz CT molecular complexity index is 314. The zero-order chi connectivity index (χ0) is 11.6. The van der Waals surface area contributed by atoms with E-state index < -0.39 is 23.3 Å². The number of ketones is 1. The van der Waals surface area contributed by atoms with Crippen molar-refractivity contribution in [3.63, 3.8) is 0 Å². The maximum Gasteiger partial charge on any atom is 0.409 e. The van der Waals surface area contributed by atoms with Gasteiger partial charge >= 0.3 is 12.1 Å². The lowest BCUT2D eigenvalue weighted by molar-refractivity contribution is -0.156. The van der Waals surface area contributed by atoms with E-state index in [1.807, 2.05) is 0 Å². The Labute approximate surface area is 86.8 Å². The highest BCUT2D eigenvalue weighted by Crippen LogP contribution is 2.28. The molecule has 1 aliphatic rings. The Hall–Kier alpha value is -1.59. The third-order valence-corrected chi connectivity index (χ3v) is 2.74. The molecule has 0 aromatic heterocycles. The summed E-state index contributed by atoms with van der Waals surface area (Å²) in [6, 6.07) is 0. The van der Waals surface area contributed by atoms with E-state index in [0.717, 1.165) is 0 Å². The molecule has 1 N–H and O–H groups in total. The molecule has 0 aromatic rings. The van der Waals surface area contributed by atoms with E-state index in [-0.39, 0.29) is 19.5 Å². The van der Waals surface area contributed by atoms with Crippen LogP contribution in [0.4, 0.5) is 4.79 Å². The van der Waals surface area contributed by atoms with Crippen molar-refractivity contribution in [3.05, 3.63) is 0 Å².